The summed E-state index contributed by atoms with van der Waals surface area (Å²) in [7, 11) is -1.65. The first kappa shape index (κ1) is 9.98. The fourth-order valence-electron chi connectivity index (χ4n) is 1.31. The van der Waals surface area contributed by atoms with Crippen LogP contribution in [0.25, 0.3) is 10.1 Å². The fraction of sp³-hybridized carbons (Fsp3) is 0. The van der Waals surface area contributed by atoms with E-state index in [1.807, 2.05) is 0 Å². The Morgan fingerprint density at radius 1 is 1.36 bits per heavy atom. The van der Waals surface area contributed by atoms with E-state index < -0.39 is 12.9 Å². The number of thiol groups is 1. The summed E-state index contributed by atoms with van der Waals surface area (Å²) in [4.78, 5) is 0.645. The molecule has 1 heterocycles. The molecule has 72 valence electrons. The van der Waals surface area contributed by atoms with E-state index in [-0.39, 0.29) is 5.46 Å². The molecule has 2 nitrogen and oxygen atoms in total. The van der Waals surface area contributed by atoms with E-state index >= 15 is 0 Å². The van der Waals surface area contributed by atoms with Gasteiger partial charge in [-0.15, -0.1) is 24.0 Å². The minimum absolute atomic E-state index is 0.185. The van der Waals surface area contributed by atoms with E-state index in [9.17, 15) is 4.39 Å². The number of hydrogen-bond donors (Lipinski definition) is 3. The van der Waals surface area contributed by atoms with Gasteiger partial charge in [-0.1, -0.05) is 0 Å². The summed E-state index contributed by atoms with van der Waals surface area (Å²) in [6.07, 6.45) is 0. The molecule has 0 unspecified atom stereocenters. The maximum absolute atomic E-state index is 13.1. The fourth-order valence-corrected chi connectivity index (χ4v) is 2.67. The first-order valence-corrected chi connectivity index (χ1v) is 5.18. The van der Waals surface area contributed by atoms with Gasteiger partial charge in [-0.25, -0.2) is 4.39 Å². The lowest BCUT2D eigenvalue weighted by Gasteiger charge is -2.01. The number of benzene rings is 1. The smallest absolute Gasteiger partial charge is 0.423 e. The van der Waals surface area contributed by atoms with Gasteiger partial charge in [0.15, 0.2) is 0 Å². The molecule has 2 rings (SSSR count). The monoisotopic (exact) mass is 228 g/mol. The van der Waals surface area contributed by atoms with Crippen LogP contribution in [-0.4, -0.2) is 17.2 Å². The van der Waals surface area contributed by atoms with Gasteiger partial charge in [0, 0.05) is 25.8 Å². The molecule has 0 saturated carbocycles. The molecule has 0 bridgehead atoms. The molecule has 0 aliphatic rings. The summed E-state index contributed by atoms with van der Waals surface area (Å²) in [6, 6.07) is 2.46. The highest BCUT2D eigenvalue weighted by Gasteiger charge is 2.18. The van der Waals surface area contributed by atoms with E-state index in [1.54, 1.807) is 5.38 Å². The molecule has 0 radical (unpaired) electrons. The second-order valence-corrected chi connectivity index (χ2v) is 4.23. The predicted molar refractivity (Wildman–Crippen MR) is 58.9 cm³/mol. The zero-order chi connectivity index (χ0) is 10.3. The van der Waals surface area contributed by atoms with Crippen molar-refractivity contribution in [1.82, 2.24) is 0 Å². The van der Waals surface area contributed by atoms with Crippen LogP contribution in [0.1, 0.15) is 0 Å². The highest BCUT2D eigenvalue weighted by Crippen LogP contribution is 2.27. The van der Waals surface area contributed by atoms with E-state index in [0.29, 0.717) is 15.0 Å². The Kier molecular flexibility index (Phi) is 2.53. The molecule has 6 heteroatoms. The van der Waals surface area contributed by atoms with Gasteiger partial charge in [0.1, 0.15) is 5.82 Å². The zero-order valence-electron chi connectivity index (χ0n) is 6.94. The van der Waals surface area contributed by atoms with Gasteiger partial charge >= 0.3 is 7.12 Å². The van der Waals surface area contributed by atoms with Crippen LogP contribution in [0.15, 0.2) is 22.4 Å². The summed E-state index contributed by atoms with van der Waals surface area (Å²) in [5.74, 6) is -0.491. The van der Waals surface area contributed by atoms with Crippen LogP contribution in [0.3, 0.4) is 0 Å². The quantitative estimate of drug-likeness (QED) is 0.503. The molecule has 14 heavy (non-hydrogen) atoms. The number of thiophene rings is 1. The van der Waals surface area contributed by atoms with Gasteiger partial charge in [-0.3, -0.25) is 0 Å². The summed E-state index contributed by atoms with van der Waals surface area (Å²) < 4.78 is 13.7. The van der Waals surface area contributed by atoms with Crippen molar-refractivity contribution in [3.8, 4) is 0 Å². The molecule has 0 aliphatic heterocycles. The van der Waals surface area contributed by atoms with Crippen molar-refractivity contribution in [2.75, 3.05) is 0 Å². The van der Waals surface area contributed by atoms with Gasteiger partial charge in [-0.05, 0) is 12.1 Å². The second-order valence-electron chi connectivity index (χ2n) is 2.87. The van der Waals surface area contributed by atoms with Crippen molar-refractivity contribution in [3.63, 3.8) is 0 Å². The maximum Gasteiger partial charge on any atom is 0.490 e. The molecule has 0 aliphatic carbocycles. The van der Waals surface area contributed by atoms with Gasteiger partial charge in [0.2, 0.25) is 0 Å². The molecule has 1 aromatic carbocycles. The van der Waals surface area contributed by atoms with Crippen molar-refractivity contribution in [2.24, 2.45) is 0 Å². The second kappa shape index (κ2) is 3.54. The van der Waals surface area contributed by atoms with Crippen LogP contribution in [0.2, 0.25) is 0 Å². The third kappa shape index (κ3) is 1.54. The zero-order valence-corrected chi connectivity index (χ0v) is 8.65. The Hall–Kier alpha value is -0.555. The van der Waals surface area contributed by atoms with E-state index in [2.05, 4.69) is 12.6 Å². The Bertz CT molecular complexity index is 483. The highest BCUT2D eigenvalue weighted by molar-refractivity contribution is 7.80. The van der Waals surface area contributed by atoms with Crippen LogP contribution in [0, 0.1) is 5.82 Å². The topological polar surface area (TPSA) is 40.5 Å². The van der Waals surface area contributed by atoms with Crippen molar-refractivity contribution in [1.29, 1.82) is 0 Å². The van der Waals surface area contributed by atoms with Crippen molar-refractivity contribution in [2.45, 2.75) is 4.90 Å². The van der Waals surface area contributed by atoms with Gasteiger partial charge in [0.25, 0.3) is 0 Å². The lowest BCUT2D eigenvalue weighted by atomic mass is 9.80. The summed E-state index contributed by atoms with van der Waals surface area (Å²) in [6.45, 7) is 0. The van der Waals surface area contributed by atoms with Crippen molar-refractivity contribution in [3.05, 3.63) is 23.3 Å². The van der Waals surface area contributed by atoms with Crippen molar-refractivity contribution < 1.29 is 14.4 Å². The van der Waals surface area contributed by atoms with Gasteiger partial charge in [0.05, 0.1) is 0 Å². The van der Waals surface area contributed by atoms with E-state index in [4.69, 9.17) is 10.0 Å². The number of hydrogen-bond acceptors (Lipinski definition) is 4. The third-order valence-corrected chi connectivity index (χ3v) is 3.51. The largest absolute Gasteiger partial charge is 0.490 e. The number of fused-ring (bicyclic) bond motifs is 1. The van der Waals surface area contributed by atoms with Gasteiger partial charge in [-0.2, -0.15) is 0 Å². The standard InChI is InChI=1S/C8H6BFO2S2/c10-4-1-5-7(13)3-14-8(5)6(2-4)9(11)12/h1-3,11-13H. The first-order chi connectivity index (χ1) is 6.59. The van der Waals surface area contributed by atoms with Crippen LogP contribution in [-0.2, 0) is 0 Å². The van der Waals surface area contributed by atoms with Crippen LogP contribution >= 0.6 is 24.0 Å². The van der Waals surface area contributed by atoms with Crippen LogP contribution < -0.4 is 5.46 Å². The Balaban J connectivity index is 2.82. The molecule has 2 N–H and O–H groups in total. The van der Waals surface area contributed by atoms with E-state index in [1.165, 1.54) is 17.4 Å². The molecular formula is C8H6BFO2S2. The lowest BCUT2D eigenvalue weighted by molar-refractivity contribution is 0.426. The third-order valence-electron chi connectivity index (χ3n) is 1.92. The molecule has 0 atom stereocenters. The summed E-state index contributed by atoms with van der Waals surface area (Å²) in [5.41, 5.74) is 0.185. The molecule has 0 spiro atoms. The Labute approximate surface area is 89.6 Å². The molecule has 1 aromatic heterocycles. The van der Waals surface area contributed by atoms with E-state index in [0.717, 1.165) is 6.07 Å². The van der Waals surface area contributed by atoms with Crippen molar-refractivity contribution >= 4 is 46.6 Å². The Morgan fingerprint density at radius 2 is 2.07 bits per heavy atom. The molecule has 0 fully saturated rings. The highest BCUT2D eigenvalue weighted by atomic mass is 32.1. The Morgan fingerprint density at radius 3 is 2.71 bits per heavy atom. The lowest BCUT2D eigenvalue weighted by Crippen LogP contribution is -2.30. The summed E-state index contributed by atoms with van der Waals surface area (Å²) >= 11 is 5.46. The average molecular weight is 228 g/mol. The molecular weight excluding hydrogens is 222 g/mol. The predicted octanol–water partition coefficient (Wildman–Crippen LogP) is 1.01. The van der Waals surface area contributed by atoms with Crippen LogP contribution in [0.5, 0.6) is 0 Å². The number of rotatable bonds is 1. The van der Waals surface area contributed by atoms with Crippen LogP contribution in [0.4, 0.5) is 4.39 Å². The molecule has 0 amide bonds. The first-order valence-electron chi connectivity index (χ1n) is 3.85. The van der Waals surface area contributed by atoms with Gasteiger partial charge < -0.3 is 10.0 Å². The molecule has 0 saturated heterocycles. The summed E-state index contributed by atoms with van der Waals surface area (Å²) in [5, 5.41) is 20.4. The maximum atomic E-state index is 13.1. The molecule has 2 aromatic rings. The average Bonchev–Trinajstić information content (AvgIpc) is 2.47. The SMILES string of the molecule is OB(O)c1cc(F)cc2c(S)csc12. The normalized spacial score (nSPS) is 10.9. The minimum Gasteiger partial charge on any atom is -0.423 e. The number of halogens is 1. The minimum atomic E-state index is -1.65.